The predicted octanol–water partition coefficient (Wildman–Crippen LogP) is 3.30. The first kappa shape index (κ1) is 14.8. The van der Waals surface area contributed by atoms with Crippen LogP contribution in [-0.4, -0.2) is 20.9 Å². The van der Waals surface area contributed by atoms with Gasteiger partial charge in [-0.2, -0.15) is 18.3 Å². The first-order valence-corrected chi connectivity index (χ1v) is 5.92. The van der Waals surface area contributed by atoms with Crippen LogP contribution in [0.15, 0.2) is 36.5 Å². The maximum Gasteiger partial charge on any atom is 0.435 e. The lowest BCUT2D eigenvalue weighted by Crippen LogP contribution is -2.07. The third kappa shape index (κ3) is 3.50. The molecular weight excluding hydrogens is 285 g/mol. The molecule has 0 radical (unpaired) electrons. The topological polar surface area (TPSA) is 55.1 Å². The normalized spacial score (nSPS) is 12.0. The molecule has 21 heavy (non-hydrogen) atoms. The van der Waals surface area contributed by atoms with Crippen molar-refractivity contribution in [3.63, 3.8) is 0 Å². The van der Waals surface area contributed by atoms with Gasteiger partial charge in [0, 0.05) is 12.3 Å². The summed E-state index contributed by atoms with van der Waals surface area (Å²) in [5.74, 6) is -1.07. The summed E-state index contributed by atoms with van der Waals surface area (Å²) in [7, 11) is 0. The van der Waals surface area contributed by atoms with Crippen molar-refractivity contribution in [3.05, 3.63) is 53.4 Å². The van der Waals surface area contributed by atoms with Gasteiger partial charge in [-0.05, 0) is 42.3 Å². The van der Waals surface area contributed by atoms with E-state index in [0.717, 1.165) is 16.8 Å². The quantitative estimate of drug-likeness (QED) is 0.884. The van der Waals surface area contributed by atoms with E-state index in [1.807, 2.05) is 0 Å². The van der Waals surface area contributed by atoms with E-state index in [-0.39, 0.29) is 0 Å². The molecule has 0 unspecified atom stereocenters. The number of carbonyl (C=O) groups is 1. The van der Waals surface area contributed by atoms with E-state index >= 15 is 0 Å². The van der Waals surface area contributed by atoms with Crippen molar-refractivity contribution in [1.29, 1.82) is 0 Å². The zero-order valence-corrected chi connectivity index (χ0v) is 10.9. The van der Waals surface area contributed by atoms with Crippen molar-refractivity contribution in [3.8, 4) is 5.69 Å². The summed E-state index contributed by atoms with van der Waals surface area (Å²) in [6.07, 6.45) is -0.852. The van der Waals surface area contributed by atoms with Crippen LogP contribution in [0.3, 0.4) is 0 Å². The molecule has 2 rings (SSSR count). The number of aromatic nitrogens is 2. The molecule has 0 aliphatic heterocycles. The van der Waals surface area contributed by atoms with Gasteiger partial charge >= 0.3 is 12.1 Å². The van der Waals surface area contributed by atoms with Crippen molar-refractivity contribution in [2.75, 3.05) is 0 Å². The number of halogens is 3. The zero-order chi connectivity index (χ0) is 15.6. The van der Waals surface area contributed by atoms with Gasteiger partial charge in [0.1, 0.15) is 0 Å². The average Bonchev–Trinajstić information content (AvgIpc) is 2.85. The Bertz CT molecular complexity index is 702. The van der Waals surface area contributed by atoms with Gasteiger partial charge in [0.05, 0.1) is 5.69 Å². The highest BCUT2D eigenvalue weighted by Gasteiger charge is 2.33. The Hall–Kier alpha value is -2.57. The Kier molecular flexibility index (Phi) is 3.84. The highest BCUT2D eigenvalue weighted by molar-refractivity contribution is 5.85. The summed E-state index contributed by atoms with van der Waals surface area (Å²) in [5.41, 5.74) is 0.857. The zero-order valence-electron chi connectivity index (χ0n) is 10.9. The van der Waals surface area contributed by atoms with E-state index in [1.54, 1.807) is 25.1 Å². The van der Waals surface area contributed by atoms with Crippen LogP contribution in [0.1, 0.15) is 16.8 Å². The Balaban J connectivity index is 2.33. The summed E-state index contributed by atoms with van der Waals surface area (Å²) < 4.78 is 38.7. The number of rotatable bonds is 3. The van der Waals surface area contributed by atoms with Gasteiger partial charge in [0.25, 0.3) is 0 Å². The minimum atomic E-state index is -4.48. The fourth-order valence-corrected chi connectivity index (χ4v) is 1.82. The second-order valence-corrected chi connectivity index (χ2v) is 4.36. The van der Waals surface area contributed by atoms with Gasteiger partial charge in [0.2, 0.25) is 0 Å². The van der Waals surface area contributed by atoms with E-state index in [0.29, 0.717) is 16.8 Å². The lowest BCUT2D eigenvalue weighted by atomic mass is 10.1. The van der Waals surface area contributed by atoms with Crippen LogP contribution in [0.5, 0.6) is 0 Å². The third-order valence-corrected chi connectivity index (χ3v) is 2.77. The number of hydrogen-bond donors (Lipinski definition) is 1. The molecule has 0 spiro atoms. The van der Waals surface area contributed by atoms with Crippen molar-refractivity contribution in [2.24, 2.45) is 0 Å². The number of hydrogen-bond acceptors (Lipinski definition) is 2. The molecule has 4 nitrogen and oxygen atoms in total. The lowest BCUT2D eigenvalue weighted by molar-refractivity contribution is -0.141. The van der Waals surface area contributed by atoms with Gasteiger partial charge in [-0.15, -0.1) is 0 Å². The maximum absolute atomic E-state index is 12.5. The Morgan fingerprint density at radius 1 is 1.33 bits per heavy atom. The summed E-state index contributed by atoms with van der Waals surface area (Å²) >= 11 is 0. The van der Waals surface area contributed by atoms with E-state index in [4.69, 9.17) is 5.11 Å². The largest absolute Gasteiger partial charge is 0.478 e. The SMILES string of the molecule is Cc1cc(C=CC(=O)O)ccc1-n1ccc(C(F)(F)F)n1. The molecule has 2 aromatic rings. The van der Waals surface area contributed by atoms with Gasteiger partial charge in [-0.3, -0.25) is 0 Å². The van der Waals surface area contributed by atoms with Crippen molar-refractivity contribution in [2.45, 2.75) is 13.1 Å². The van der Waals surface area contributed by atoms with Crippen LogP contribution in [0.2, 0.25) is 0 Å². The van der Waals surface area contributed by atoms with Crippen LogP contribution in [-0.2, 0) is 11.0 Å². The minimum absolute atomic E-state index is 0.498. The van der Waals surface area contributed by atoms with Gasteiger partial charge in [-0.25, -0.2) is 9.48 Å². The second kappa shape index (κ2) is 5.43. The number of alkyl halides is 3. The predicted molar refractivity (Wildman–Crippen MR) is 70.0 cm³/mol. The molecule has 0 atom stereocenters. The third-order valence-electron chi connectivity index (χ3n) is 2.77. The van der Waals surface area contributed by atoms with Gasteiger partial charge < -0.3 is 5.11 Å². The fourth-order valence-electron chi connectivity index (χ4n) is 1.82. The molecule has 0 fully saturated rings. The van der Waals surface area contributed by atoms with Crippen molar-refractivity contribution in [1.82, 2.24) is 9.78 Å². The number of carboxylic acids is 1. The fraction of sp³-hybridized carbons (Fsp3) is 0.143. The molecule has 0 amide bonds. The summed E-state index contributed by atoms with van der Waals surface area (Å²) in [6, 6.07) is 5.77. The standard InChI is InChI=1S/C14H11F3N2O2/c1-9-8-10(3-5-13(20)21)2-4-11(9)19-7-6-12(18-19)14(15,16)17/h2-8H,1H3,(H,20,21). The molecule has 1 aromatic heterocycles. The number of benzene rings is 1. The molecule has 110 valence electrons. The van der Waals surface area contributed by atoms with E-state index in [2.05, 4.69) is 5.10 Å². The summed E-state index contributed by atoms with van der Waals surface area (Å²) in [4.78, 5) is 10.4. The number of aliphatic carboxylic acids is 1. The van der Waals surface area contributed by atoms with Crippen LogP contribution < -0.4 is 0 Å². The van der Waals surface area contributed by atoms with Gasteiger partial charge in [0.15, 0.2) is 5.69 Å². The van der Waals surface area contributed by atoms with Gasteiger partial charge in [-0.1, -0.05) is 6.07 Å². The van der Waals surface area contributed by atoms with Crippen LogP contribution in [0.4, 0.5) is 13.2 Å². The van der Waals surface area contributed by atoms with E-state index in [9.17, 15) is 18.0 Å². The van der Waals surface area contributed by atoms with Crippen LogP contribution >= 0.6 is 0 Å². The summed E-state index contributed by atoms with van der Waals surface area (Å²) in [5, 5.41) is 12.0. The highest BCUT2D eigenvalue weighted by Crippen LogP contribution is 2.28. The maximum atomic E-state index is 12.5. The molecule has 0 aliphatic carbocycles. The number of nitrogens with zero attached hydrogens (tertiary/aromatic N) is 2. The average molecular weight is 296 g/mol. The smallest absolute Gasteiger partial charge is 0.435 e. The molecule has 0 aliphatic rings. The summed E-state index contributed by atoms with van der Waals surface area (Å²) in [6.45, 7) is 1.71. The first-order chi connectivity index (χ1) is 9.77. The Morgan fingerprint density at radius 2 is 2.05 bits per heavy atom. The molecule has 0 saturated carbocycles. The van der Waals surface area contributed by atoms with E-state index in [1.165, 1.54) is 12.3 Å². The monoisotopic (exact) mass is 296 g/mol. The molecule has 1 N–H and O–H groups in total. The minimum Gasteiger partial charge on any atom is -0.478 e. The molecule has 1 heterocycles. The Labute approximate surface area is 118 Å². The van der Waals surface area contributed by atoms with Crippen LogP contribution in [0.25, 0.3) is 11.8 Å². The lowest BCUT2D eigenvalue weighted by Gasteiger charge is -2.07. The first-order valence-electron chi connectivity index (χ1n) is 5.92. The molecule has 0 bridgehead atoms. The molecule has 1 aromatic carbocycles. The van der Waals surface area contributed by atoms with E-state index < -0.39 is 17.8 Å². The molecule has 7 heteroatoms. The number of carboxylic acid groups (broad SMARTS) is 1. The Morgan fingerprint density at radius 3 is 2.57 bits per heavy atom. The van der Waals surface area contributed by atoms with Crippen molar-refractivity contribution >= 4 is 12.0 Å². The second-order valence-electron chi connectivity index (χ2n) is 4.36. The molecular formula is C14H11F3N2O2. The highest BCUT2D eigenvalue weighted by atomic mass is 19.4. The van der Waals surface area contributed by atoms with Crippen LogP contribution in [0, 0.1) is 6.92 Å². The number of aryl methyl sites for hydroxylation is 1. The van der Waals surface area contributed by atoms with Crippen molar-refractivity contribution < 1.29 is 23.1 Å². The molecule has 0 saturated heterocycles.